The number of likely N-dealkylation sites (tertiary alicyclic amines) is 1. The summed E-state index contributed by atoms with van der Waals surface area (Å²) in [5, 5.41) is 7.12. The standard InChI is InChI=1S/C23H24F2N4O4/c24-22(25)32-19-8-6-18(7-9-19)26-14-16-10-12-28(13-11-16)20(30)15-29-21(27-33-23(29)31)17-4-2-1-3-5-17/h1-9,16,22,26H,10-15H2. The van der Waals surface area contributed by atoms with Crippen LogP contribution in [0.15, 0.2) is 63.9 Å². The van der Waals surface area contributed by atoms with Gasteiger partial charge in [0.1, 0.15) is 12.3 Å². The molecule has 0 aliphatic carbocycles. The zero-order valence-corrected chi connectivity index (χ0v) is 17.8. The number of anilines is 1. The number of carbonyl (C=O) groups is 1. The molecule has 0 atom stereocenters. The van der Waals surface area contributed by atoms with Crippen molar-refractivity contribution < 1.29 is 22.8 Å². The highest BCUT2D eigenvalue weighted by Crippen LogP contribution is 2.22. The Bertz CT molecular complexity index is 1110. The zero-order valence-electron chi connectivity index (χ0n) is 17.8. The number of nitrogens with one attached hydrogen (secondary N) is 1. The van der Waals surface area contributed by atoms with Gasteiger partial charge in [-0.25, -0.2) is 9.36 Å². The Morgan fingerprint density at radius 3 is 2.48 bits per heavy atom. The van der Waals surface area contributed by atoms with Crippen molar-refractivity contribution >= 4 is 11.6 Å². The second kappa shape index (κ2) is 10.3. The molecular weight excluding hydrogens is 434 g/mol. The van der Waals surface area contributed by atoms with E-state index in [4.69, 9.17) is 4.52 Å². The van der Waals surface area contributed by atoms with E-state index in [0.717, 1.165) is 18.5 Å². The molecule has 4 rings (SSSR count). The number of hydrogen-bond acceptors (Lipinski definition) is 6. The molecule has 33 heavy (non-hydrogen) atoms. The third-order valence-corrected chi connectivity index (χ3v) is 5.65. The Labute approximate surface area is 188 Å². The molecule has 1 saturated heterocycles. The van der Waals surface area contributed by atoms with Crippen molar-refractivity contribution in [1.82, 2.24) is 14.6 Å². The molecule has 1 aliphatic heterocycles. The van der Waals surface area contributed by atoms with Crippen LogP contribution in [-0.2, 0) is 11.3 Å². The van der Waals surface area contributed by atoms with Crippen LogP contribution in [0, 0.1) is 5.92 Å². The first-order valence-corrected chi connectivity index (χ1v) is 10.7. The van der Waals surface area contributed by atoms with Crippen molar-refractivity contribution in [2.45, 2.75) is 26.0 Å². The van der Waals surface area contributed by atoms with E-state index in [1.807, 2.05) is 18.2 Å². The van der Waals surface area contributed by atoms with Crippen LogP contribution in [0.1, 0.15) is 12.8 Å². The molecule has 2 heterocycles. The van der Waals surface area contributed by atoms with Crippen LogP contribution in [0.2, 0.25) is 0 Å². The van der Waals surface area contributed by atoms with E-state index in [0.29, 0.717) is 36.9 Å². The minimum atomic E-state index is -2.84. The lowest BCUT2D eigenvalue weighted by Gasteiger charge is -2.32. The first kappa shape index (κ1) is 22.5. The van der Waals surface area contributed by atoms with Crippen LogP contribution in [0.5, 0.6) is 5.75 Å². The summed E-state index contributed by atoms with van der Waals surface area (Å²) in [5.41, 5.74) is 1.52. The van der Waals surface area contributed by atoms with E-state index in [1.54, 1.807) is 29.2 Å². The number of aromatic nitrogens is 2. The van der Waals surface area contributed by atoms with Gasteiger partial charge in [-0.1, -0.05) is 35.5 Å². The van der Waals surface area contributed by atoms with Gasteiger partial charge in [-0.3, -0.25) is 9.32 Å². The lowest BCUT2D eigenvalue weighted by molar-refractivity contribution is -0.133. The topological polar surface area (TPSA) is 89.6 Å². The minimum absolute atomic E-state index is 0.115. The van der Waals surface area contributed by atoms with Crippen LogP contribution in [0.4, 0.5) is 14.5 Å². The molecule has 1 aromatic heterocycles. The molecule has 0 unspecified atom stereocenters. The van der Waals surface area contributed by atoms with Crippen molar-refractivity contribution in [3.63, 3.8) is 0 Å². The number of ether oxygens (including phenoxy) is 1. The number of hydrogen-bond donors (Lipinski definition) is 1. The molecule has 0 bridgehead atoms. The second-order valence-corrected chi connectivity index (χ2v) is 7.83. The average Bonchev–Trinajstić information content (AvgIpc) is 3.19. The summed E-state index contributed by atoms with van der Waals surface area (Å²) >= 11 is 0. The summed E-state index contributed by atoms with van der Waals surface area (Å²) in [6.45, 7) is -1.08. The van der Waals surface area contributed by atoms with Crippen molar-refractivity contribution in [2.75, 3.05) is 25.0 Å². The van der Waals surface area contributed by atoms with E-state index < -0.39 is 12.4 Å². The maximum Gasteiger partial charge on any atom is 0.442 e. The fourth-order valence-electron chi connectivity index (χ4n) is 3.84. The number of benzene rings is 2. The SMILES string of the molecule is O=C(Cn1c(-c2ccccc2)noc1=O)N1CCC(CNc2ccc(OC(F)F)cc2)CC1. The molecule has 174 valence electrons. The smallest absolute Gasteiger partial charge is 0.435 e. The van der Waals surface area contributed by atoms with Gasteiger partial charge in [0.25, 0.3) is 0 Å². The highest BCUT2D eigenvalue weighted by Gasteiger charge is 2.25. The number of alkyl halides is 2. The maximum absolute atomic E-state index is 12.8. The fourth-order valence-corrected chi connectivity index (χ4v) is 3.84. The lowest BCUT2D eigenvalue weighted by Crippen LogP contribution is -2.42. The Morgan fingerprint density at radius 1 is 1.12 bits per heavy atom. The molecule has 1 aliphatic rings. The predicted molar refractivity (Wildman–Crippen MR) is 117 cm³/mol. The Hall–Kier alpha value is -3.69. The van der Waals surface area contributed by atoms with Gasteiger partial charge in [-0.05, 0) is 43.0 Å². The number of halogens is 2. The monoisotopic (exact) mass is 458 g/mol. The van der Waals surface area contributed by atoms with Crippen molar-refractivity contribution in [3.05, 3.63) is 65.1 Å². The van der Waals surface area contributed by atoms with E-state index >= 15 is 0 Å². The molecule has 8 nitrogen and oxygen atoms in total. The second-order valence-electron chi connectivity index (χ2n) is 7.83. The zero-order chi connectivity index (χ0) is 23.2. The molecule has 0 saturated carbocycles. The number of piperidine rings is 1. The van der Waals surface area contributed by atoms with Gasteiger partial charge in [0, 0.05) is 30.9 Å². The summed E-state index contributed by atoms with van der Waals surface area (Å²) in [7, 11) is 0. The van der Waals surface area contributed by atoms with Crippen molar-refractivity contribution in [2.24, 2.45) is 5.92 Å². The third-order valence-electron chi connectivity index (χ3n) is 5.65. The van der Waals surface area contributed by atoms with Gasteiger partial charge in [-0.2, -0.15) is 8.78 Å². The van der Waals surface area contributed by atoms with Gasteiger partial charge in [0.05, 0.1) is 0 Å². The summed E-state index contributed by atoms with van der Waals surface area (Å²) < 4.78 is 34.9. The third kappa shape index (κ3) is 5.76. The van der Waals surface area contributed by atoms with Gasteiger partial charge in [0.15, 0.2) is 5.82 Å². The predicted octanol–water partition coefficient (Wildman–Crippen LogP) is 3.46. The van der Waals surface area contributed by atoms with Gasteiger partial charge in [0.2, 0.25) is 5.91 Å². The fraction of sp³-hybridized carbons (Fsp3) is 0.348. The van der Waals surface area contributed by atoms with Crippen LogP contribution in [0.3, 0.4) is 0 Å². The van der Waals surface area contributed by atoms with Crippen molar-refractivity contribution in [3.8, 4) is 17.1 Å². The molecule has 1 N–H and O–H groups in total. The quantitative estimate of drug-likeness (QED) is 0.556. The molecule has 3 aromatic rings. The molecule has 10 heteroatoms. The van der Waals surface area contributed by atoms with E-state index in [9.17, 15) is 18.4 Å². The Kier molecular flexibility index (Phi) is 7.01. The first-order chi connectivity index (χ1) is 16.0. The number of nitrogens with zero attached hydrogens (tertiary/aromatic N) is 3. The molecule has 1 amide bonds. The average molecular weight is 458 g/mol. The Morgan fingerprint density at radius 2 is 1.82 bits per heavy atom. The van der Waals surface area contributed by atoms with Gasteiger partial charge in [-0.15, -0.1) is 0 Å². The van der Waals surface area contributed by atoms with Crippen molar-refractivity contribution in [1.29, 1.82) is 0 Å². The number of amides is 1. The minimum Gasteiger partial charge on any atom is -0.435 e. The van der Waals surface area contributed by atoms with E-state index in [-0.39, 0.29) is 18.2 Å². The number of carbonyl (C=O) groups excluding carboxylic acids is 1. The van der Waals surface area contributed by atoms with Crippen LogP contribution >= 0.6 is 0 Å². The van der Waals surface area contributed by atoms with E-state index in [1.165, 1.54) is 16.7 Å². The summed E-state index contributed by atoms with van der Waals surface area (Å²) in [4.78, 5) is 26.6. The summed E-state index contributed by atoms with van der Waals surface area (Å²) in [6.07, 6.45) is 1.63. The molecular formula is C23H24F2N4O4. The first-order valence-electron chi connectivity index (χ1n) is 10.7. The summed E-state index contributed by atoms with van der Waals surface area (Å²) in [6, 6.07) is 15.5. The molecule has 0 radical (unpaired) electrons. The Balaban J connectivity index is 1.27. The number of rotatable bonds is 8. The lowest BCUT2D eigenvalue weighted by atomic mass is 9.96. The molecule has 2 aromatic carbocycles. The maximum atomic E-state index is 12.8. The van der Waals surface area contributed by atoms with Crippen LogP contribution in [-0.4, -0.2) is 46.8 Å². The van der Waals surface area contributed by atoms with E-state index in [2.05, 4.69) is 15.2 Å². The molecule has 1 fully saturated rings. The largest absolute Gasteiger partial charge is 0.442 e. The highest BCUT2D eigenvalue weighted by molar-refractivity contribution is 5.76. The summed E-state index contributed by atoms with van der Waals surface area (Å²) in [5.74, 6) is -0.00303. The molecule has 0 spiro atoms. The van der Waals surface area contributed by atoms with Gasteiger partial charge < -0.3 is 15.0 Å². The van der Waals surface area contributed by atoms with Crippen LogP contribution in [0.25, 0.3) is 11.4 Å². The van der Waals surface area contributed by atoms with Crippen LogP contribution < -0.4 is 15.8 Å². The normalized spacial score (nSPS) is 14.5. The highest BCUT2D eigenvalue weighted by atomic mass is 19.3. The van der Waals surface area contributed by atoms with Gasteiger partial charge >= 0.3 is 12.4 Å².